The normalized spacial score (nSPS) is 17.1. The summed E-state index contributed by atoms with van der Waals surface area (Å²) >= 11 is 0. The Kier molecular flexibility index (Phi) is 4.12. The second kappa shape index (κ2) is 6.92. The monoisotopic (exact) mass is 373 g/mol. The Bertz CT molecular complexity index is 1120. The zero-order chi connectivity index (χ0) is 18.9. The van der Waals surface area contributed by atoms with E-state index in [-0.39, 0.29) is 11.9 Å². The average Bonchev–Trinajstić information content (AvgIpc) is 3.43. The molecule has 28 heavy (non-hydrogen) atoms. The van der Waals surface area contributed by atoms with Crippen LogP contribution in [-0.2, 0) is 0 Å². The topological polar surface area (TPSA) is 87.9 Å². The molecule has 1 atom stereocenters. The number of carbonyl (C=O) groups excluding carboxylic acids is 1. The van der Waals surface area contributed by atoms with Crippen LogP contribution in [-0.4, -0.2) is 37.5 Å². The van der Waals surface area contributed by atoms with E-state index in [2.05, 4.69) is 20.1 Å². The number of amides is 1. The van der Waals surface area contributed by atoms with Crippen molar-refractivity contribution in [1.29, 1.82) is 0 Å². The number of aromatic amines is 1. The first-order chi connectivity index (χ1) is 13.8. The van der Waals surface area contributed by atoms with Gasteiger partial charge >= 0.3 is 0 Å². The molecule has 5 rings (SSSR count). The number of hydrogen-bond donors (Lipinski definition) is 1. The second-order valence-corrected chi connectivity index (χ2v) is 6.95. The van der Waals surface area contributed by atoms with Crippen molar-refractivity contribution in [2.24, 2.45) is 0 Å². The number of aromatic nitrogens is 4. The second-order valence-electron chi connectivity index (χ2n) is 6.95. The fourth-order valence-electron chi connectivity index (χ4n) is 3.85. The van der Waals surface area contributed by atoms with Gasteiger partial charge in [0.15, 0.2) is 0 Å². The molecule has 0 bridgehead atoms. The van der Waals surface area contributed by atoms with Crippen LogP contribution in [0.3, 0.4) is 0 Å². The summed E-state index contributed by atoms with van der Waals surface area (Å²) in [5, 5.41) is 5.04. The minimum atomic E-state index is -0.210. The van der Waals surface area contributed by atoms with Crippen LogP contribution in [0, 0.1) is 0 Å². The molecule has 1 aromatic carbocycles. The molecule has 7 nitrogen and oxygen atoms in total. The van der Waals surface area contributed by atoms with Crippen LogP contribution in [0.1, 0.15) is 41.6 Å². The van der Waals surface area contributed by atoms with Gasteiger partial charge in [-0.3, -0.25) is 9.78 Å². The maximum absolute atomic E-state index is 13.4. The lowest BCUT2D eigenvalue weighted by molar-refractivity contribution is 0.0563. The molecule has 0 unspecified atom stereocenters. The maximum atomic E-state index is 13.4. The molecule has 7 heteroatoms. The van der Waals surface area contributed by atoms with E-state index in [0.29, 0.717) is 23.8 Å². The standard InChI is InChI=1S/C21H19N5O2/c27-21(16-4-3-5-17-15(16)9-12-23-17)26-13-2-1-6-18(26)20-24-19(25-28-20)14-7-10-22-11-8-14/h3-5,7-12,18,23H,1-2,6,13H2/t18-/m0/s1. The molecule has 1 N–H and O–H groups in total. The fraction of sp³-hybridized carbons (Fsp3) is 0.238. The molecule has 140 valence electrons. The first-order valence-corrected chi connectivity index (χ1v) is 9.42. The van der Waals surface area contributed by atoms with Crippen LogP contribution in [0.4, 0.5) is 0 Å². The van der Waals surface area contributed by atoms with Gasteiger partial charge in [-0.2, -0.15) is 4.98 Å². The predicted octanol–water partition coefficient (Wildman–Crippen LogP) is 3.98. The van der Waals surface area contributed by atoms with E-state index >= 15 is 0 Å². The van der Waals surface area contributed by atoms with Crippen LogP contribution in [0.15, 0.2) is 59.5 Å². The Hall–Kier alpha value is -3.48. The smallest absolute Gasteiger partial charge is 0.255 e. The first-order valence-electron chi connectivity index (χ1n) is 9.42. The van der Waals surface area contributed by atoms with Gasteiger partial charge in [-0.15, -0.1) is 0 Å². The lowest BCUT2D eigenvalue weighted by Crippen LogP contribution is -2.38. The molecule has 4 heterocycles. The van der Waals surface area contributed by atoms with Gasteiger partial charge in [0.2, 0.25) is 11.7 Å². The summed E-state index contributed by atoms with van der Waals surface area (Å²) < 4.78 is 5.57. The molecule has 0 radical (unpaired) electrons. The Balaban J connectivity index is 1.48. The van der Waals surface area contributed by atoms with Crippen molar-refractivity contribution in [1.82, 2.24) is 25.0 Å². The number of piperidine rings is 1. The Morgan fingerprint density at radius 2 is 2.04 bits per heavy atom. The van der Waals surface area contributed by atoms with Gasteiger partial charge in [0, 0.05) is 47.2 Å². The van der Waals surface area contributed by atoms with Crippen LogP contribution >= 0.6 is 0 Å². The lowest BCUT2D eigenvalue weighted by atomic mass is 9.99. The lowest BCUT2D eigenvalue weighted by Gasteiger charge is -2.33. The highest BCUT2D eigenvalue weighted by Gasteiger charge is 2.33. The molecular formula is C21H19N5O2. The summed E-state index contributed by atoms with van der Waals surface area (Å²) in [6.07, 6.45) is 8.05. The number of likely N-dealkylation sites (tertiary alicyclic amines) is 1. The Morgan fingerprint density at radius 3 is 2.93 bits per heavy atom. The van der Waals surface area contributed by atoms with Gasteiger partial charge in [-0.1, -0.05) is 11.2 Å². The van der Waals surface area contributed by atoms with Crippen molar-refractivity contribution in [3.63, 3.8) is 0 Å². The maximum Gasteiger partial charge on any atom is 0.255 e. The molecule has 1 amide bonds. The summed E-state index contributed by atoms with van der Waals surface area (Å²) in [5.74, 6) is 1.00. The number of pyridine rings is 1. The molecule has 1 aliphatic rings. The van der Waals surface area contributed by atoms with E-state index in [1.807, 2.05) is 47.5 Å². The van der Waals surface area contributed by atoms with E-state index in [1.165, 1.54) is 0 Å². The summed E-state index contributed by atoms with van der Waals surface area (Å²) in [7, 11) is 0. The van der Waals surface area contributed by atoms with Crippen molar-refractivity contribution < 1.29 is 9.32 Å². The highest BCUT2D eigenvalue weighted by atomic mass is 16.5. The Labute approximate surface area is 161 Å². The van der Waals surface area contributed by atoms with Crippen LogP contribution < -0.4 is 0 Å². The highest BCUT2D eigenvalue weighted by molar-refractivity contribution is 6.06. The Morgan fingerprint density at radius 1 is 1.14 bits per heavy atom. The number of nitrogens with zero attached hydrogens (tertiary/aromatic N) is 4. The molecule has 3 aromatic heterocycles. The minimum absolute atomic E-state index is 0.00133. The molecule has 1 aliphatic heterocycles. The number of hydrogen-bond acceptors (Lipinski definition) is 5. The molecule has 1 fully saturated rings. The first kappa shape index (κ1) is 16.7. The van der Waals surface area contributed by atoms with Crippen LogP contribution in [0.5, 0.6) is 0 Å². The summed E-state index contributed by atoms with van der Waals surface area (Å²) in [6.45, 7) is 0.678. The third kappa shape index (κ3) is 2.85. The zero-order valence-electron chi connectivity index (χ0n) is 15.2. The quantitative estimate of drug-likeness (QED) is 0.587. The van der Waals surface area contributed by atoms with E-state index in [1.54, 1.807) is 12.4 Å². The zero-order valence-corrected chi connectivity index (χ0v) is 15.2. The molecule has 0 saturated carbocycles. The van der Waals surface area contributed by atoms with Gasteiger partial charge in [0.25, 0.3) is 5.91 Å². The predicted molar refractivity (Wildman–Crippen MR) is 103 cm³/mol. The van der Waals surface area contributed by atoms with E-state index in [9.17, 15) is 4.79 Å². The van der Waals surface area contributed by atoms with Gasteiger partial charge in [0.1, 0.15) is 6.04 Å². The highest BCUT2D eigenvalue weighted by Crippen LogP contribution is 2.33. The third-order valence-corrected chi connectivity index (χ3v) is 5.25. The summed E-state index contributed by atoms with van der Waals surface area (Å²) in [6, 6.07) is 11.2. The van der Waals surface area contributed by atoms with E-state index in [4.69, 9.17) is 4.52 Å². The van der Waals surface area contributed by atoms with Crippen LogP contribution in [0.2, 0.25) is 0 Å². The van der Waals surface area contributed by atoms with Gasteiger partial charge < -0.3 is 14.4 Å². The van der Waals surface area contributed by atoms with E-state index in [0.717, 1.165) is 35.7 Å². The van der Waals surface area contributed by atoms with E-state index < -0.39 is 0 Å². The van der Waals surface area contributed by atoms with Gasteiger partial charge in [0.05, 0.1) is 0 Å². The van der Waals surface area contributed by atoms with Crippen molar-refractivity contribution in [2.75, 3.05) is 6.54 Å². The third-order valence-electron chi connectivity index (χ3n) is 5.25. The number of H-pyrrole nitrogens is 1. The van der Waals surface area contributed by atoms with Crippen molar-refractivity contribution in [3.8, 4) is 11.4 Å². The molecule has 4 aromatic rings. The summed E-state index contributed by atoms with van der Waals surface area (Å²) in [4.78, 5) is 27.0. The number of benzene rings is 1. The average molecular weight is 373 g/mol. The molecular weight excluding hydrogens is 354 g/mol. The molecule has 1 saturated heterocycles. The van der Waals surface area contributed by atoms with Crippen molar-refractivity contribution in [2.45, 2.75) is 25.3 Å². The fourth-order valence-corrected chi connectivity index (χ4v) is 3.85. The molecule has 0 spiro atoms. The number of fused-ring (bicyclic) bond motifs is 1. The van der Waals surface area contributed by atoms with Crippen molar-refractivity contribution in [3.05, 3.63) is 66.4 Å². The van der Waals surface area contributed by atoms with Gasteiger partial charge in [-0.05, 0) is 49.6 Å². The largest absolute Gasteiger partial charge is 0.361 e. The van der Waals surface area contributed by atoms with Crippen molar-refractivity contribution >= 4 is 16.8 Å². The van der Waals surface area contributed by atoms with Gasteiger partial charge in [-0.25, -0.2) is 0 Å². The molecule has 0 aliphatic carbocycles. The minimum Gasteiger partial charge on any atom is -0.361 e. The van der Waals surface area contributed by atoms with Crippen LogP contribution in [0.25, 0.3) is 22.3 Å². The number of rotatable bonds is 3. The number of nitrogens with one attached hydrogen (secondary N) is 1. The summed E-state index contributed by atoms with van der Waals surface area (Å²) in [5.41, 5.74) is 2.49. The SMILES string of the molecule is O=C(c1cccc2[nH]ccc12)N1CCCC[C@H]1c1nc(-c2ccncc2)no1. The number of carbonyl (C=O) groups is 1.